The van der Waals surface area contributed by atoms with Crippen molar-refractivity contribution in [1.82, 2.24) is 14.7 Å². The third-order valence-electron chi connectivity index (χ3n) is 3.66. The van der Waals surface area contributed by atoms with Crippen LogP contribution in [0.3, 0.4) is 0 Å². The number of carbonyl (C=O) groups excluding carboxylic acids is 2. The monoisotopic (exact) mass is 334 g/mol. The molecule has 0 aromatic carbocycles. The van der Waals surface area contributed by atoms with Gasteiger partial charge in [0.05, 0.1) is 12.1 Å². The van der Waals surface area contributed by atoms with Crippen LogP contribution in [0.15, 0.2) is 30.6 Å². The van der Waals surface area contributed by atoms with Crippen molar-refractivity contribution in [2.75, 3.05) is 11.9 Å². The Hall–Kier alpha value is -2.77. The van der Waals surface area contributed by atoms with Crippen molar-refractivity contribution in [1.29, 1.82) is 0 Å². The van der Waals surface area contributed by atoms with Crippen molar-refractivity contribution in [3.05, 3.63) is 36.2 Å². The average molecular weight is 334 g/mol. The third-order valence-corrected chi connectivity index (χ3v) is 3.66. The lowest BCUT2D eigenvalue weighted by Crippen LogP contribution is -2.19. The lowest BCUT2D eigenvalue weighted by molar-refractivity contribution is -0.119. The Labute approximate surface area is 136 Å². The van der Waals surface area contributed by atoms with E-state index in [0.29, 0.717) is 17.0 Å². The number of amides is 2. The van der Waals surface area contributed by atoms with Crippen LogP contribution in [0.5, 0.6) is 0 Å². The first kappa shape index (κ1) is 16.1. The molecule has 0 saturated heterocycles. The highest BCUT2D eigenvalue weighted by atomic mass is 19.1. The van der Waals surface area contributed by atoms with Crippen LogP contribution in [-0.2, 0) is 9.59 Å². The van der Waals surface area contributed by atoms with Gasteiger partial charge in [-0.25, -0.2) is 13.8 Å². The van der Waals surface area contributed by atoms with Crippen molar-refractivity contribution in [3.8, 4) is 0 Å². The number of nitrogens with zero attached hydrogens (tertiary/aromatic N) is 2. The number of hydrogen-bond acceptors (Lipinski definition) is 3. The predicted octanol–water partition coefficient (Wildman–Crippen LogP) is 2.08. The van der Waals surface area contributed by atoms with Crippen molar-refractivity contribution in [2.24, 2.45) is 5.92 Å². The Morgan fingerprint density at radius 1 is 1.42 bits per heavy atom. The van der Waals surface area contributed by atoms with Gasteiger partial charge in [-0.3, -0.25) is 9.59 Å². The number of alkyl halides is 1. The maximum atomic E-state index is 14.1. The first-order chi connectivity index (χ1) is 11.4. The van der Waals surface area contributed by atoms with Crippen LogP contribution in [-0.4, -0.2) is 33.9 Å². The molecule has 2 heterocycles. The summed E-state index contributed by atoms with van der Waals surface area (Å²) in [5.41, 5.74) is 0.838. The summed E-state index contributed by atoms with van der Waals surface area (Å²) in [5, 5.41) is 5.03. The second-order valence-corrected chi connectivity index (χ2v) is 5.65. The number of pyridine rings is 1. The fourth-order valence-electron chi connectivity index (χ4n) is 2.25. The summed E-state index contributed by atoms with van der Waals surface area (Å²) in [6.07, 6.45) is 3.49. The number of fused-ring (bicyclic) bond motifs is 1. The molecule has 24 heavy (non-hydrogen) atoms. The van der Waals surface area contributed by atoms with Gasteiger partial charge in [-0.1, -0.05) is 0 Å². The number of hydrogen-bond donors (Lipinski definition) is 2. The fraction of sp³-hybridized carbons (Fsp3) is 0.312. The molecule has 0 spiro atoms. The predicted molar refractivity (Wildman–Crippen MR) is 84.6 cm³/mol. The van der Waals surface area contributed by atoms with E-state index in [0.717, 1.165) is 0 Å². The fourth-order valence-corrected chi connectivity index (χ4v) is 2.25. The highest BCUT2D eigenvalue weighted by molar-refractivity contribution is 5.94. The largest absolute Gasteiger partial charge is 0.353 e. The number of halogens is 2. The van der Waals surface area contributed by atoms with Gasteiger partial charge in [0.1, 0.15) is 17.6 Å². The van der Waals surface area contributed by atoms with Gasteiger partial charge in [0.2, 0.25) is 11.8 Å². The molecule has 0 bridgehead atoms. The molecule has 0 radical (unpaired) electrons. The van der Waals surface area contributed by atoms with Gasteiger partial charge in [0.15, 0.2) is 5.82 Å². The van der Waals surface area contributed by atoms with Crippen LogP contribution in [0.4, 0.5) is 14.6 Å². The lowest BCUT2D eigenvalue weighted by atomic mass is 10.2. The molecule has 1 fully saturated rings. The summed E-state index contributed by atoms with van der Waals surface area (Å²) >= 11 is 0. The van der Waals surface area contributed by atoms with Crippen molar-refractivity contribution >= 4 is 29.1 Å². The first-order valence-electron chi connectivity index (χ1n) is 7.48. The van der Waals surface area contributed by atoms with Gasteiger partial charge >= 0.3 is 0 Å². The quantitative estimate of drug-likeness (QED) is 0.879. The third kappa shape index (κ3) is 3.58. The van der Waals surface area contributed by atoms with Crippen molar-refractivity contribution in [3.63, 3.8) is 0 Å². The zero-order chi connectivity index (χ0) is 17.3. The van der Waals surface area contributed by atoms with E-state index in [1.165, 1.54) is 25.4 Å². The maximum absolute atomic E-state index is 14.1. The molecule has 1 aliphatic rings. The minimum absolute atomic E-state index is 0.0935. The van der Waals surface area contributed by atoms with Crippen LogP contribution in [0, 0.1) is 5.92 Å². The normalized spacial score (nSPS) is 20.0. The smallest absolute Gasteiger partial charge is 0.231 e. The number of rotatable bonds is 5. The SMILES string of the molecule is CC(=O)NC/C=C(\F)c1ccc2nc(NC(=O)C3CC3F)cn2c1. The topological polar surface area (TPSA) is 75.5 Å². The zero-order valence-corrected chi connectivity index (χ0v) is 12.9. The number of nitrogens with one attached hydrogen (secondary N) is 2. The Morgan fingerprint density at radius 2 is 2.17 bits per heavy atom. The summed E-state index contributed by atoms with van der Waals surface area (Å²) < 4.78 is 28.5. The van der Waals surface area contributed by atoms with E-state index < -0.39 is 23.8 Å². The zero-order valence-electron chi connectivity index (χ0n) is 12.9. The van der Waals surface area contributed by atoms with E-state index in [2.05, 4.69) is 15.6 Å². The van der Waals surface area contributed by atoms with Gasteiger partial charge in [0, 0.05) is 25.2 Å². The van der Waals surface area contributed by atoms with Crippen LogP contribution >= 0.6 is 0 Å². The van der Waals surface area contributed by atoms with Crippen LogP contribution in [0.2, 0.25) is 0 Å². The Bertz CT molecular complexity index is 831. The van der Waals surface area contributed by atoms with E-state index >= 15 is 0 Å². The molecular weight excluding hydrogens is 318 g/mol. The van der Waals surface area contributed by atoms with Gasteiger partial charge in [-0.2, -0.15) is 0 Å². The molecule has 2 amide bonds. The summed E-state index contributed by atoms with van der Waals surface area (Å²) in [7, 11) is 0. The molecule has 1 aliphatic carbocycles. The molecule has 8 heteroatoms. The second kappa shape index (κ2) is 6.38. The van der Waals surface area contributed by atoms with Crippen LogP contribution < -0.4 is 10.6 Å². The number of imidazole rings is 1. The molecule has 2 unspecified atom stereocenters. The summed E-state index contributed by atoms with van der Waals surface area (Å²) in [4.78, 5) is 26.7. The summed E-state index contributed by atoms with van der Waals surface area (Å²) in [5.74, 6) is -1.43. The average Bonchev–Trinajstić information content (AvgIpc) is 3.12. The van der Waals surface area contributed by atoms with Crippen LogP contribution in [0.25, 0.3) is 11.5 Å². The van der Waals surface area contributed by atoms with Crippen molar-refractivity contribution in [2.45, 2.75) is 19.5 Å². The van der Waals surface area contributed by atoms with Gasteiger partial charge < -0.3 is 15.0 Å². The van der Waals surface area contributed by atoms with Gasteiger partial charge in [0.25, 0.3) is 0 Å². The second-order valence-electron chi connectivity index (χ2n) is 5.65. The minimum atomic E-state index is -1.07. The standard InChI is InChI=1S/C16H16F2N4O2/c1-9(23)19-5-4-12(17)10-2-3-15-20-14(8-22(15)7-10)21-16(24)11-6-13(11)18/h2-4,7-8,11,13H,5-6H2,1H3,(H,19,23)(H,21,24)/b12-4-. The van der Waals surface area contributed by atoms with Crippen molar-refractivity contribution < 1.29 is 18.4 Å². The lowest BCUT2D eigenvalue weighted by Gasteiger charge is -2.00. The Kier molecular flexibility index (Phi) is 4.28. The molecule has 1 saturated carbocycles. The first-order valence-corrected chi connectivity index (χ1v) is 7.48. The minimum Gasteiger partial charge on any atom is -0.353 e. The number of anilines is 1. The van der Waals surface area contributed by atoms with E-state index in [4.69, 9.17) is 0 Å². The van der Waals surface area contributed by atoms with E-state index in [-0.39, 0.29) is 18.9 Å². The van der Waals surface area contributed by atoms with E-state index in [1.807, 2.05) is 0 Å². The molecule has 126 valence electrons. The number of aromatic nitrogens is 2. The highest BCUT2D eigenvalue weighted by Gasteiger charge is 2.43. The number of carbonyl (C=O) groups is 2. The molecule has 6 nitrogen and oxygen atoms in total. The molecule has 2 aromatic rings. The highest BCUT2D eigenvalue weighted by Crippen LogP contribution is 2.34. The molecule has 2 atom stereocenters. The van der Waals surface area contributed by atoms with Gasteiger partial charge in [-0.05, 0) is 24.6 Å². The van der Waals surface area contributed by atoms with Gasteiger partial charge in [-0.15, -0.1) is 0 Å². The molecule has 3 rings (SSSR count). The Morgan fingerprint density at radius 3 is 2.83 bits per heavy atom. The Balaban J connectivity index is 1.73. The molecular formula is C16H16F2N4O2. The summed E-state index contributed by atoms with van der Waals surface area (Å²) in [6.45, 7) is 1.45. The summed E-state index contributed by atoms with van der Waals surface area (Å²) in [6, 6.07) is 3.15. The molecule has 0 aliphatic heterocycles. The van der Waals surface area contributed by atoms with E-state index in [9.17, 15) is 18.4 Å². The maximum Gasteiger partial charge on any atom is 0.231 e. The van der Waals surface area contributed by atoms with Crippen LogP contribution in [0.1, 0.15) is 18.9 Å². The molecule has 2 N–H and O–H groups in total. The van der Waals surface area contributed by atoms with E-state index in [1.54, 1.807) is 16.5 Å². The molecule has 2 aromatic heterocycles.